The zero-order valence-electron chi connectivity index (χ0n) is 39.5. The quantitative estimate of drug-likeness (QED) is 0.0530. The maximum Gasteiger partial charge on any atom is 0.410 e. The van der Waals surface area contributed by atoms with Gasteiger partial charge in [-0.2, -0.15) is 0 Å². The summed E-state index contributed by atoms with van der Waals surface area (Å²) in [6.45, 7) is 6.35. The molecule has 2 fully saturated rings. The molecule has 2 aliphatic heterocycles. The third kappa shape index (κ3) is 14.7. The summed E-state index contributed by atoms with van der Waals surface area (Å²) < 4.78 is 22.5. The van der Waals surface area contributed by atoms with Crippen molar-refractivity contribution in [2.24, 2.45) is 11.7 Å². The maximum absolute atomic E-state index is 15.4. The number of nitrogens with one attached hydrogen (secondary N) is 5. The van der Waals surface area contributed by atoms with Crippen LogP contribution in [0.25, 0.3) is 10.9 Å². The van der Waals surface area contributed by atoms with Gasteiger partial charge in [0.05, 0.1) is 17.7 Å². The number of hydrogen-bond donors (Lipinski definition) is 7. The van der Waals surface area contributed by atoms with Gasteiger partial charge in [-0.15, -0.1) is 0 Å². The molecule has 0 saturated carbocycles. The molecule has 70 heavy (non-hydrogen) atoms. The first-order valence-electron chi connectivity index (χ1n) is 23.3. The Balaban J connectivity index is 1.09. The van der Waals surface area contributed by atoms with Crippen LogP contribution in [0.3, 0.4) is 0 Å². The molecule has 22 nitrogen and oxygen atoms in total. The molecular formula is C47H61FN10O12. The predicted octanol–water partition coefficient (Wildman–Crippen LogP) is 2.16. The van der Waals surface area contributed by atoms with E-state index in [2.05, 4.69) is 26.6 Å². The molecule has 0 aliphatic carbocycles. The normalized spacial score (nSPS) is 14.6. The summed E-state index contributed by atoms with van der Waals surface area (Å²) in [6.07, 6.45) is 3.17. The number of primary amides is 1. The number of piperazine rings is 1. The number of carbonyl (C=O) groups is 9. The lowest BCUT2D eigenvalue weighted by Gasteiger charge is -2.35. The van der Waals surface area contributed by atoms with E-state index < -0.39 is 77.2 Å². The largest absolute Gasteiger partial charge is 0.477 e. The summed E-state index contributed by atoms with van der Waals surface area (Å²) in [5, 5.41) is 22.4. The summed E-state index contributed by atoms with van der Waals surface area (Å²) in [4.78, 5) is 129. The number of nitrogens with two attached hydrogens (primary N) is 1. The van der Waals surface area contributed by atoms with Crippen molar-refractivity contribution in [2.75, 3.05) is 56.0 Å². The number of anilines is 2. The van der Waals surface area contributed by atoms with Gasteiger partial charge in [-0.05, 0) is 68.4 Å². The minimum absolute atomic E-state index is 0.0440. The Labute approximate surface area is 402 Å². The van der Waals surface area contributed by atoms with Crippen LogP contribution in [0.4, 0.5) is 25.4 Å². The van der Waals surface area contributed by atoms with E-state index in [1.54, 1.807) is 54.5 Å². The average Bonchev–Trinajstić information content (AvgIpc) is 3.65. The highest BCUT2D eigenvalue weighted by molar-refractivity contribution is 6.02. The number of hydrogen-bond acceptors (Lipinski definition) is 12. The molecule has 8 N–H and O–H groups in total. The molecule has 23 heteroatoms. The van der Waals surface area contributed by atoms with E-state index in [4.69, 9.17) is 10.5 Å². The molecule has 0 radical (unpaired) electrons. The molecule has 3 aromatic rings. The standard InChI is InChI=1S/C47H61FN10O12/c1-4-55-26-32(45(66)67)42(63)31-23-33(48)36(24-35(31)55)56-19-21-57(22-20-56)47(69)70-27-29-11-13-30(14-12-29)52-43(64)34(9-8-17-50-46(49)68)53-44(65)41(28(2)3)54-38(60)25-51-37(59)10-6-5-7-18-58-39(61)15-16-40(58)62/h11-14,23-24,26,28,34,41H,4-10,15-22,25,27H2,1-3H3,(H,51,59)(H,52,64)(H,53,65)(H,54,60)(H,66,67)(H3,49,50,68)/t34-,41?/m0/s1. The number of rotatable bonds is 23. The molecule has 2 aliphatic rings. The molecule has 378 valence electrons. The molecule has 0 spiro atoms. The molecule has 1 aromatic heterocycles. The van der Waals surface area contributed by atoms with Crippen LogP contribution in [0.2, 0.25) is 0 Å². The van der Waals surface area contributed by atoms with E-state index in [-0.39, 0.29) is 100 Å². The number of urea groups is 1. The highest BCUT2D eigenvalue weighted by Gasteiger charge is 2.31. The lowest BCUT2D eigenvalue weighted by Crippen LogP contribution is -2.55. The number of aromatic nitrogens is 1. The van der Waals surface area contributed by atoms with Gasteiger partial charge in [0.25, 0.3) is 0 Å². The summed E-state index contributed by atoms with van der Waals surface area (Å²) in [5.41, 5.74) is 5.50. The number of amides is 9. The number of carbonyl (C=O) groups excluding carboxylic acids is 8. The Kier molecular flexibility index (Phi) is 19.2. The maximum atomic E-state index is 15.4. The summed E-state index contributed by atoms with van der Waals surface area (Å²) in [5.74, 6) is -5.18. The number of carboxylic acid groups (broad SMARTS) is 1. The second kappa shape index (κ2) is 25.1. The number of ether oxygens (including phenoxy) is 1. The first kappa shape index (κ1) is 53.4. The number of likely N-dealkylation sites (tertiary alicyclic amines) is 1. The first-order valence-corrected chi connectivity index (χ1v) is 23.3. The SMILES string of the molecule is CCn1cc(C(=O)O)c(=O)c2cc(F)c(N3CCN(C(=O)OCc4ccc(NC(=O)[C@H](CCCNC(N)=O)NC(=O)C(NC(=O)CNC(=O)CCCCCN5C(=O)CCC5=O)C(C)C)cc4)CC3)cc21. The van der Waals surface area contributed by atoms with Gasteiger partial charge in [-0.1, -0.05) is 32.4 Å². The Morgan fingerprint density at radius 1 is 0.843 bits per heavy atom. The van der Waals surface area contributed by atoms with Gasteiger partial charge in [-0.25, -0.2) is 18.8 Å². The number of fused-ring (bicyclic) bond motifs is 1. The number of aromatic carboxylic acids is 1. The summed E-state index contributed by atoms with van der Waals surface area (Å²) >= 11 is 0. The van der Waals surface area contributed by atoms with Gasteiger partial charge < -0.3 is 56.5 Å². The molecule has 3 heterocycles. The van der Waals surface area contributed by atoms with E-state index >= 15 is 4.39 Å². The number of unbranched alkanes of at least 4 members (excludes halogenated alkanes) is 2. The van der Waals surface area contributed by atoms with Gasteiger partial charge >= 0.3 is 18.1 Å². The van der Waals surface area contributed by atoms with Crippen LogP contribution in [0, 0.1) is 11.7 Å². The van der Waals surface area contributed by atoms with Crippen LogP contribution >= 0.6 is 0 Å². The predicted molar refractivity (Wildman–Crippen MR) is 253 cm³/mol. The molecule has 2 saturated heterocycles. The van der Waals surface area contributed by atoms with Crippen LogP contribution in [0.1, 0.15) is 88.1 Å². The molecular weight excluding hydrogens is 916 g/mol. The number of aryl methyl sites for hydroxylation is 1. The number of imide groups is 1. The van der Waals surface area contributed by atoms with Gasteiger partial charge in [-0.3, -0.25) is 38.5 Å². The molecule has 0 bridgehead atoms. The number of benzene rings is 2. The van der Waals surface area contributed by atoms with Crippen LogP contribution in [-0.4, -0.2) is 131 Å². The van der Waals surface area contributed by atoms with E-state index in [0.29, 0.717) is 49.1 Å². The Hall–Kier alpha value is -7.59. The van der Waals surface area contributed by atoms with Crippen molar-refractivity contribution in [1.82, 2.24) is 35.6 Å². The third-order valence-corrected chi connectivity index (χ3v) is 11.9. The smallest absolute Gasteiger partial charge is 0.410 e. The number of carboxylic acids is 1. The van der Waals surface area contributed by atoms with Crippen molar-refractivity contribution >= 4 is 75.8 Å². The number of nitrogens with zero attached hydrogens (tertiary/aromatic N) is 4. The molecule has 9 amide bonds. The Bertz CT molecular complexity index is 2490. The zero-order valence-corrected chi connectivity index (χ0v) is 39.5. The third-order valence-electron chi connectivity index (χ3n) is 11.9. The molecule has 5 rings (SSSR count). The van der Waals surface area contributed by atoms with Crippen molar-refractivity contribution in [3.8, 4) is 0 Å². The van der Waals surface area contributed by atoms with Crippen LogP contribution in [-0.2, 0) is 46.7 Å². The van der Waals surface area contributed by atoms with E-state index in [1.807, 2.05) is 0 Å². The zero-order chi connectivity index (χ0) is 51.1. The fourth-order valence-electron chi connectivity index (χ4n) is 8.01. The minimum Gasteiger partial charge on any atom is -0.477 e. The van der Waals surface area contributed by atoms with E-state index in [9.17, 15) is 53.1 Å². The van der Waals surface area contributed by atoms with Crippen LogP contribution in [0.15, 0.2) is 47.4 Å². The van der Waals surface area contributed by atoms with Crippen molar-refractivity contribution in [3.05, 3.63) is 69.8 Å². The molecule has 2 aromatic carbocycles. The Morgan fingerprint density at radius 3 is 2.16 bits per heavy atom. The number of pyridine rings is 1. The van der Waals surface area contributed by atoms with Crippen LogP contribution < -0.4 is 42.6 Å². The van der Waals surface area contributed by atoms with Gasteiger partial charge in [0, 0.05) is 82.3 Å². The van der Waals surface area contributed by atoms with Crippen molar-refractivity contribution in [2.45, 2.75) is 97.4 Å². The van der Waals surface area contributed by atoms with Crippen LogP contribution in [0.5, 0.6) is 0 Å². The highest BCUT2D eigenvalue weighted by atomic mass is 19.1. The lowest BCUT2D eigenvalue weighted by atomic mass is 10.0. The van der Waals surface area contributed by atoms with Gasteiger partial charge in [0.15, 0.2) is 0 Å². The second-order valence-corrected chi connectivity index (χ2v) is 17.3. The topological polar surface area (TPSA) is 301 Å². The van der Waals surface area contributed by atoms with E-state index in [1.165, 1.54) is 22.1 Å². The average molecular weight is 977 g/mol. The highest BCUT2D eigenvalue weighted by Crippen LogP contribution is 2.27. The molecule has 2 atom stereocenters. The second-order valence-electron chi connectivity index (χ2n) is 17.3. The van der Waals surface area contributed by atoms with Gasteiger partial charge in [0.2, 0.25) is 40.9 Å². The summed E-state index contributed by atoms with van der Waals surface area (Å²) in [6, 6.07) is 6.02. The fourth-order valence-corrected chi connectivity index (χ4v) is 8.01. The molecule has 1 unspecified atom stereocenters. The number of halogens is 1. The minimum atomic E-state index is -1.40. The van der Waals surface area contributed by atoms with Crippen molar-refractivity contribution in [1.29, 1.82) is 0 Å². The van der Waals surface area contributed by atoms with Crippen molar-refractivity contribution < 1.29 is 57.4 Å². The Morgan fingerprint density at radius 2 is 1.53 bits per heavy atom. The fraction of sp³-hybridized carbons (Fsp3) is 0.489. The van der Waals surface area contributed by atoms with E-state index in [0.717, 1.165) is 6.07 Å². The lowest BCUT2D eigenvalue weighted by molar-refractivity contribution is -0.138. The summed E-state index contributed by atoms with van der Waals surface area (Å²) in [7, 11) is 0. The van der Waals surface area contributed by atoms with Gasteiger partial charge in [0.1, 0.15) is 30.1 Å². The monoisotopic (exact) mass is 976 g/mol. The first-order chi connectivity index (χ1) is 33.4. The van der Waals surface area contributed by atoms with Crippen molar-refractivity contribution in [3.63, 3.8) is 0 Å².